The molecule has 2 rings (SSSR count). The van der Waals surface area contributed by atoms with E-state index < -0.39 is 0 Å². The van der Waals surface area contributed by atoms with Crippen LogP contribution in [0.5, 0.6) is 0 Å². The van der Waals surface area contributed by atoms with Crippen LogP contribution in [-0.4, -0.2) is 43.3 Å². The summed E-state index contributed by atoms with van der Waals surface area (Å²) in [6.07, 6.45) is 5.49. The van der Waals surface area contributed by atoms with Crippen LogP contribution in [-0.2, 0) is 4.79 Å². The Morgan fingerprint density at radius 2 is 1.87 bits per heavy atom. The van der Waals surface area contributed by atoms with Crippen LogP contribution in [0.4, 0.5) is 5.69 Å². The van der Waals surface area contributed by atoms with Gasteiger partial charge in [0.15, 0.2) is 5.78 Å². The summed E-state index contributed by atoms with van der Waals surface area (Å²) >= 11 is 6.13. The standard InChI is InChI=1S/C23H22ClN3O2.ClH/c1-4-12-27(22(28)16-26(3)15-17(2)14-25)21-11-10-19(24)13-20(21)23(29)18-8-6-5-7-9-18;/h1,5-11,13,17H,12,15-16H2,2-3H3;1H. The molecule has 0 aliphatic rings. The number of halogens is 2. The van der Waals surface area contributed by atoms with E-state index in [0.29, 0.717) is 28.4 Å². The fourth-order valence-electron chi connectivity index (χ4n) is 2.96. The highest BCUT2D eigenvalue weighted by Gasteiger charge is 2.23. The monoisotopic (exact) mass is 443 g/mol. The lowest BCUT2D eigenvalue weighted by molar-refractivity contribution is -0.119. The number of anilines is 1. The number of benzene rings is 2. The summed E-state index contributed by atoms with van der Waals surface area (Å²) < 4.78 is 0. The van der Waals surface area contributed by atoms with E-state index in [1.165, 1.54) is 4.90 Å². The fraction of sp³-hybridized carbons (Fsp3) is 0.261. The fourth-order valence-corrected chi connectivity index (χ4v) is 3.13. The van der Waals surface area contributed by atoms with Gasteiger partial charge >= 0.3 is 0 Å². The first-order chi connectivity index (χ1) is 13.9. The topological polar surface area (TPSA) is 64.4 Å². The number of carbonyl (C=O) groups excluding carboxylic acids is 2. The van der Waals surface area contributed by atoms with Crippen LogP contribution in [0.1, 0.15) is 22.8 Å². The molecule has 0 heterocycles. The Labute approximate surface area is 188 Å². The van der Waals surface area contributed by atoms with Crippen LogP contribution in [0.3, 0.4) is 0 Å². The quantitative estimate of drug-likeness (QED) is 0.455. The van der Waals surface area contributed by atoms with Crippen LogP contribution in [0.2, 0.25) is 5.02 Å². The molecule has 0 bridgehead atoms. The average Bonchev–Trinajstić information content (AvgIpc) is 2.72. The maximum absolute atomic E-state index is 13.1. The zero-order valence-electron chi connectivity index (χ0n) is 16.8. The molecule has 0 N–H and O–H groups in total. The minimum absolute atomic E-state index is 0. The highest BCUT2D eigenvalue weighted by Crippen LogP contribution is 2.27. The molecule has 0 aliphatic heterocycles. The first-order valence-corrected chi connectivity index (χ1v) is 9.46. The van der Waals surface area contributed by atoms with E-state index in [9.17, 15) is 9.59 Å². The van der Waals surface area contributed by atoms with Crippen LogP contribution in [0.25, 0.3) is 0 Å². The molecule has 1 atom stereocenters. The predicted molar refractivity (Wildman–Crippen MR) is 122 cm³/mol. The minimum Gasteiger partial charge on any atom is -0.299 e. The second-order valence-electron chi connectivity index (χ2n) is 6.77. The molecule has 2 aromatic carbocycles. The molecular weight excluding hydrogens is 421 g/mol. The highest BCUT2D eigenvalue weighted by atomic mass is 35.5. The van der Waals surface area contributed by atoms with Gasteiger partial charge in [-0.2, -0.15) is 5.26 Å². The SMILES string of the molecule is C#CCN(C(=O)CN(C)CC(C)C#N)c1ccc(Cl)cc1C(=O)c1ccccc1.Cl. The molecule has 1 unspecified atom stereocenters. The van der Waals surface area contributed by atoms with E-state index in [2.05, 4.69) is 12.0 Å². The van der Waals surface area contributed by atoms with Crippen molar-refractivity contribution in [3.8, 4) is 18.4 Å². The second-order valence-corrected chi connectivity index (χ2v) is 7.20. The van der Waals surface area contributed by atoms with E-state index in [1.54, 1.807) is 61.3 Å². The maximum atomic E-state index is 13.1. The number of carbonyl (C=O) groups is 2. The van der Waals surface area contributed by atoms with Crippen molar-refractivity contribution in [3.05, 3.63) is 64.7 Å². The van der Waals surface area contributed by atoms with E-state index in [1.807, 2.05) is 6.07 Å². The van der Waals surface area contributed by atoms with Gasteiger partial charge in [0.05, 0.1) is 30.8 Å². The van der Waals surface area contributed by atoms with Gasteiger partial charge in [0.2, 0.25) is 5.91 Å². The Kier molecular flexibility index (Phi) is 10.1. The number of hydrogen-bond donors (Lipinski definition) is 0. The summed E-state index contributed by atoms with van der Waals surface area (Å²) in [5.41, 5.74) is 1.21. The average molecular weight is 444 g/mol. The van der Waals surface area contributed by atoms with Gasteiger partial charge in [0.1, 0.15) is 0 Å². The Morgan fingerprint density at radius 1 is 1.20 bits per heavy atom. The van der Waals surface area contributed by atoms with Crippen LogP contribution >= 0.6 is 24.0 Å². The van der Waals surface area contributed by atoms with Gasteiger partial charge in [-0.05, 0) is 32.2 Å². The lowest BCUT2D eigenvalue weighted by Gasteiger charge is -2.26. The smallest absolute Gasteiger partial charge is 0.242 e. The van der Waals surface area contributed by atoms with Gasteiger partial charge in [-0.3, -0.25) is 19.4 Å². The van der Waals surface area contributed by atoms with Crippen molar-refractivity contribution in [2.75, 3.05) is 31.6 Å². The summed E-state index contributed by atoms with van der Waals surface area (Å²) in [4.78, 5) is 29.2. The van der Waals surface area contributed by atoms with Crippen molar-refractivity contribution >= 4 is 41.4 Å². The Balaban J connectivity index is 0.00000450. The predicted octanol–water partition coefficient (Wildman–Crippen LogP) is 4.05. The van der Waals surface area contributed by atoms with Crippen molar-refractivity contribution in [2.24, 2.45) is 5.92 Å². The van der Waals surface area contributed by atoms with E-state index in [-0.39, 0.29) is 43.1 Å². The number of ketones is 1. The van der Waals surface area contributed by atoms with Crippen molar-refractivity contribution in [1.29, 1.82) is 5.26 Å². The summed E-state index contributed by atoms with van der Waals surface area (Å²) in [5.74, 6) is 1.76. The molecule has 0 fully saturated rings. The van der Waals surface area contributed by atoms with E-state index in [4.69, 9.17) is 23.3 Å². The van der Waals surface area contributed by atoms with Crippen LogP contribution in [0.15, 0.2) is 48.5 Å². The summed E-state index contributed by atoms with van der Waals surface area (Å²) in [5, 5.41) is 9.36. The third-order valence-corrected chi connectivity index (χ3v) is 4.53. The summed E-state index contributed by atoms with van der Waals surface area (Å²) in [7, 11) is 1.76. The second kappa shape index (κ2) is 12.0. The van der Waals surface area contributed by atoms with Gasteiger partial charge in [0.25, 0.3) is 0 Å². The number of likely N-dealkylation sites (N-methyl/N-ethyl adjacent to an activating group) is 1. The van der Waals surface area contributed by atoms with Gasteiger partial charge in [-0.1, -0.05) is 47.9 Å². The minimum atomic E-state index is -0.264. The molecule has 0 spiro atoms. The number of nitriles is 1. The third-order valence-electron chi connectivity index (χ3n) is 4.29. The maximum Gasteiger partial charge on any atom is 0.242 e. The molecule has 0 saturated heterocycles. The molecule has 5 nitrogen and oxygen atoms in total. The number of terminal acetylenes is 1. The lowest BCUT2D eigenvalue weighted by Crippen LogP contribution is -2.41. The summed E-state index contributed by atoms with van der Waals surface area (Å²) in [6, 6.07) is 15.7. The van der Waals surface area contributed by atoms with Crippen LogP contribution in [0, 0.1) is 29.6 Å². The number of rotatable bonds is 8. The number of nitrogens with zero attached hydrogens (tertiary/aromatic N) is 3. The highest BCUT2D eigenvalue weighted by molar-refractivity contribution is 6.31. The zero-order chi connectivity index (χ0) is 21.4. The third kappa shape index (κ3) is 6.61. The molecule has 0 aromatic heterocycles. The van der Waals surface area contributed by atoms with E-state index in [0.717, 1.165) is 0 Å². The first-order valence-electron chi connectivity index (χ1n) is 9.08. The molecule has 1 amide bonds. The molecule has 0 radical (unpaired) electrons. The van der Waals surface area contributed by atoms with Crippen molar-refractivity contribution in [2.45, 2.75) is 6.92 Å². The Hall–Kier alpha value is -2.83. The van der Waals surface area contributed by atoms with Crippen molar-refractivity contribution < 1.29 is 9.59 Å². The molecule has 2 aromatic rings. The molecule has 30 heavy (non-hydrogen) atoms. The van der Waals surface area contributed by atoms with Gasteiger partial charge in [0, 0.05) is 22.7 Å². The molecule has 156 valence electrons. The van der Waals surface area contributed by atoms with Crippen LogP contribution < -0.4 is 4.90 Å². The number of amides is 1. The summed E-state index contributed by atoms with van der Waals surface area (Å²) in [6.45, 7) is 2.31. The molecule has 0 saturated carbocycles. The Bertz CT molecular complexity index is 965. The first kappa shape index (κ1) is 25.2. The largest absolute Gasteiger partial charge is 0.299 e. The molecular formula is C23H23Cl2N3O2. The van der Waals surface area contributed by atoms with Crippen molar-refractivity contribution in [1.82, 2.24) is 4.90 Å². The zero-order valence-corrected chi connectivity index (χ0v) is 18.4. The Morgan fingerprint density at radius 3 is 2.47 bits per heavy atom. The molecule has 7 heteroatoms. The van der Waals surface area contributed by atoms with Gasteiger partial charge in [-0.25, -0.2) is 0 Å². The van der Waals surface area contributed by atoms with Gasteiger partial charge < -0.3 is 0 Å². The van der Waals surface area contributed by atoms with E-state index >= 15 is 0 Å². The van der Waals surface area contributed by atoms with Crippen molar-refractivity contribution in [3.63, 3.8) is 0 Å². The normalized spacial score (nSPS) is 11.0. The van der Waals surface area contributed by atoms with Gasteiger partial charge in [-0.15, -0.1) is 18.8 Å². The molecule has 0 aliphatic carbocycles. The number of hydrogen-bond acceptors (Lipinski definition) is 4. The lowest BCUT2D eigenvalue weighted by atomic mass is 10.0.